The van der Waals surface area contributed by atoms with Gasteiger partial charge in [0.15, 0.2) is 0 Å². The molecule has 3 aromatic heterocycles. The molecule has 0 bridgehead atoms. The van der Waals surface area contributed by atoms with E-state index in [0.717, 1.165) is 6.20 Å². The highest BCUT2D eigenvalue weighted by molar-refractivity contribution is 5.98. The van der Waals surface area contributed by atoms with Crippen molar-refractivity contribution in [3.63, 3.8) is 0 Å². The van der Waals surface area contributed by atoms with Gasteiger partial charge < -0.3 is 11.1 Å². The zero-order valence-corrected chi connectivity index (χ0v) is 13.8. The van der Waals surface area contributed by atoms with Crippen LogP contribution in [0.4, 0.5) is 20.4 Å². The van der Waals surface area contributed by atoms with Gasteiger partial charge >= 0.3 is 0 Å². The number of hydrogen-bond donors (Lipinski definition) is 2. The van der Waals surface area contributed by atoms with Crippen molar-refractivity contribution in [2.24, 2.45) is 5.92 Å². The van der Waals surface area contributed by atoms with Crippen LogP contribution in [0.25, 0.3) is 22.0 Å². The van der Waals surface area contributed by atoms with Crippen molar-refractivity contribution in [1.29, 1.82) is 0 Å². The molecular weight excluding hydrogens is 340 g/mol. The third-order valence-electron chi connectivity index (χ3n) is 4.48. The molecule has 3 heterocycles. The number of amides is 1. The first-order valence-corrected chi connectivity index (χ1v) is 8.05. The molecule has 3 aromatic rings. The van der Waals surface area contributed by atoms with E-state index in [1.807, 2.05) is 0 Å². The predicted molar refractivity (Wildman–Crippen MR) is 93.5 cm³/mol. The van der Waals surface area contributed by atoms with Crippen molar-refractivity contribution >= 4 is 28.3 Å². The van der Waals surface area contributed by atoms with E-state index < -0.39 is 23.8 Å². The summed E-state index contributed by atoms with van der Waals surface area (Å²) in [5, 5.41) is 3.88. The molecule has 1 saturated carbocycles. The lowest BCUT2D eigenvalue weighted by Gasteiger charge is -2.10. The minimum absolute atomic E-state index is 0.234. The Morgan fingerprint density at radius 3 is 2.81 bits per heavy atom. The Balaban J connectivity index is 1.74. The van der Waals surface area contributed by atoms with E-state index in [4.69, 9.17) is 5.73 Å². The smallest absolute Gasteiger partial charge is 0.231 e. The second-order valence-electron chi connectivity index (χ2n) is 6.32. The molecule has 6 nitrogen and oxygen atoms in total. The highest BCUT2D eigenvalue weighted by atomic mass is 19.1. The van der Waals surface area contributed by atoms with Crippen LogP contribution in [-0.4, -0.2) is 27.0 Å². The van der Waals surface area contributed by atoms with Gasteiger partial charge in [0.2, 0.25) is 5.91 Å². The van der Waals surface area contributed by atoms with Crippen molar-refractivity contribution in [2.45, 2.75) is 19.5 Å². The topological polar surface area (TPSA) is 93.8 Å². The molecule has 0 aromatic carbocycles. The predicted octanol–water partition coefficient (Wildman–Crippen LogP) is 3.02. The van der Waals surface area contributed by atoms with Crippen molar-refractivity contribution in [2.75, 3.05) is 11.1 Å². The van der Waals surface area contributed by atoms with Gasteiger partial charge in [-0.15, -0.1) is 0 Å². The highest BCUT2D eigenvalue weighted by Gasteiger charge is 2.43. The SMILES string of the molecule is Cc1c(F)cncc1-c1cc2cc(NC(=O)[C@@H]3C[C@@H]3F)ncc2c(N)n1. The molecule has 1 amide bonds. The Labute approximate surface area is 147 Å². The fraction of sp³-hybridized carbons (Fsp3) is 0.222. The number of aromatic nitrogens is 3. The minimum Gasteiger partial charge on any atom is -0.383 e. The van der Waals surface area contributed by atoms with E-state index in [1.54, 1.807) is 19.1 Å². The quantitative estimate of drug-likeness (QED) is 0.753. The molecule has 0 radical (unpaired) electrons. The van der Waals surface area contributed by atoms with Gasteiger partial charge in [0.1, 0.15) is 23.6 Å². The Bertz CT molecular complexity index is 1040. The van der Waals surface area contributed by atoms with Crippen LogP contribution < -0.4 is 11.1 Å². The Morgan fingerprint density at radius 2 is 2.08 bits per heavy atom. The third-order valence-corrected chi connectivity index (χ3v) is 4.48. The number of fused-ring (bicyclic) bond motifs is 1. The number of carbonyl (C=O) groups is 1. The molecule has 0 unspecified atom stereocenters. The van der Waals surface area contributed by atoms with E-state index in [2.05, 4.69) is 20.3 Å². The highest BCUT2D eigenvalue weighted by Crippen LogP contribution is 2.35. The van der Waals surface area contributed by atoms with Gasteiger partial charge in [-0.3, -0.25) is 9.78 Å². The van der Waals surface area contributed by atoms with E-state index in [9.17, 15) is 13.6 Å². The molecule has 1 fully saturated rings. The summed E-state index contributed by atoms with van der Waals surface area (Å²) >= 11 is 0. The summed E-state index contributed by atoms with van der Waals surface area (Å²) < 4.78 is 26.8. The van der Waals surface area contributed by atoms with Crippen LogP contribution in [0, 0.1) is 18.7 Å². The minimum atomic E-state index is -1.08. The van der Waals surface area contributed by atoms with Crippen LogP contribution in [0.5, 0.6) is 0 Å². The maximum Gasteiger partial charge on any atom is 0.231 e. The van der Waals surface area contributed by atoms with Crippen LogP contribution in [-0.2, 0) is 4.79 Å². The Kier molecular flexibility index (Phi) is 3.75. The zero-order chi connectivity index (χ0) is 18.4. The first-order chi connectivity index (χ1) is 12.4. The van der Waals surface area contributed by atoms with Crippen molar-refractivity contribution in [3.05, 3.63) is 42.1 Å². The Morgan fingerprint density at radius 1 is 1.31 bits per heavy atom. The molecule has 0 spiro atoms. The maximum absolute atomic E-state index is 13.8. The van der Waals surface area contributed by atoms with Crippen LogP contribution in [0.1, 0.15) is 12.0 Å². The van der Waals surface area contributed by atoms with Crippen molar-refractivity contribution in [3.8, 4) is 11.3 Å². The number of carbonyl (C=O) groups excluding carboxylic acids is 1. The summed E-state index contributed by atoms with van der Waals surface area (Å²) in [7, 11) is 0. The summed E-state index contributed by atoms with van der Waals surface area (Å²) in [5.74, 6) is -0.899. The van der Waals surface area contributed by atoms with Gasteiger partial charge in [-0.25, -0.2) is 18.7 Å². The normalized spacial score (nSPS) is 18.7. The average Bonchev–Trinajstić information content (AvgIpc) is 3.34. The van der Waals surface area contributed by atoms with E-state index >= 15 is 0 Å². The number of nitrogens with zero attached hydrogens (tertiary/aromatic N) is 3. The second-order valence-corrected chi connectivity index (χ2v) is 6.32. The lowest BCUT2D eigenvalue weighted by molar-refractivity contribution is -0.117. The molecule has 2 atom stereocenters. The molecule has 4 rings (SSSR count). The van der Waals surface area contributed by atoms with Gasteiger partial charge in [0.05, 0.1) is 17.8 Å². The van der Waals surface area contributed by atoms with Crippen molar-refractivity contribution in [1.82, 2.24) is 15.0 Å². The number of pyridine rings is 3. The summed E-state index contributed by atoms with van der Waals surface area (Å²) in [6.07, 6.45) is 3.31. The molecule has 1 aliphatic carbocycles. The molecule has 0 aliphatic heterocycles. The molecule has 26 heavy (non-hydrogen) atoms. The molecule has 3 N–H and O–H groups in total. The number of nitrogen functional groups attached to an aromatic ring is 1. The second kappa shape index (κ2) is 5.98. The zero-order valence-electron chi connectivity index (χ0n) is 13.8. The summed E-state index contributed by atoms with van der Waals surface area (Å²) in [5.41, 5.74) is 7.42. The maximum atomic E-state index is 13.8. The lowest BCUT2D eigenvalue weighted by Crippen LogP contribution is -2.15. The van der Waals surface area contributed by atoms with Crippen molar-refractivity contribution < 1.29 is 13.6 Å². The van der Waals surface area contributed by atoms with E-state index in [-0.39, 0.29) is 12.2 Å². The summed E-state index contributed by atoms with van der Waals surface area (Å²) in [6.45, 7) is 1.63. The van der Waals surface area contributed by atoms with Crippen LogP contribution >= 0.6 is 0 Å². The van der Waals surface area contributed by atoms with Gasteiger partial charge in [-0.1, -0.05) is 0 Å². The van der Waals surface area contributed by atoms with Crippen LogP contribution in [0.15, 0.2) is 30.7 Å². The molecule has 8 heteroatoms. The van der Waals surface area contributed by atoms with Gasteiger partial charge in [-0.05, 0) is 36.4 Å². The molecule has 0 saturated heterocycles. The summed E-state index contributed by atoms with van der Waals surface area (Å²) in [4.78, 5) is 24.2. The Hall–Kier alpha value is -3.16. The standard InChI is InChI=1S/C18H15F2N5O/c1-8-11(5-22-7-14(8)20)15-2-9-3-16(23-6-12(9)17(21)24-15)25-18(26)10-4-13(10)19/h2-3,5-7,10,13H,4H2,1H3,(H2,21,24)(H,23,25,26)/t10-,13+/m1/s1. The first kappa shape index (κ1) is 16.3. The average molecular weight is 355 g/mol. The fourth-order valence-corrected chi connectivity index (χ4v) is 2.79. The fourth-order valence-electron chi connectivity index (χ4n) is 2.79. The third kappa shape index (κ3) is 2.83. The summed E-state index contributed by atoms with van der Waals surface area (Å²) in [6, 6.07) is 3.36. The molecule has 1 aliphatic rings. The number of halogens is 2. The number of nitrogens with two attached hydrogens (primary N) is 1. The number of hydrogen-bond acceptors (Lipinski definition) is 5. The monoisotopic (exact) mass is 355 g/mol. The number of alkyl halides is 1. The molecule has 132 valence electrons. The van der Waals surface area contributed by atoms with Crippen LogP contribution in [0.2, 0.25) is 0 Å². The van der Waals surface area contributed by atoms with Gasteiger partial charge in [0, 0.05) is 23.3 Å². The van der Waals surface area contributed by atoms with Gasteiger partial charge in [0.25, 0.3) is 0 Å². The number of rotatable bonds is 3. The largest absolute Gasteiger partial charge is 0.383 e. The van der Waals surface area contributed by atoms with E-state index in [0.29, 0.717) is 33.4 Å². The lowest BCUT2D eigenvalue weighted by atomic mass is 10.1. The van der Waals surface area contributed by atoms with Gasteiger partial charge in [-0.2, -0.15) is 0 Å². The number of nitrogens with one attached hydrogen (secondary N) is 1. The number of anilines is 2. The van der Waals surface area contributed by atoms with E-state index in [1.165, 1.54) is 12.4 Å². The molecular formula is C18H15F2N5O. The van der Waals surface area contributed by atoms with Crippen LogP contribution in [0.3, 0.4) is 0 Å². The first-order valence-electron chi connectivity index (χ1n) is 8.05.